The summed E-state index contributed by atoms with van der Waals surface area (Å²) >= 11 is 0. The number of methoxy groups -OCH3 is 1. The highest BCUT2D eigenvalue weighted by atomic mass is 35.5. The number of amides is 2. The third kappa shape index (κ3) is 4.89. The van der Waals surface area contributed by atoms with Crippen LogP contribution in [0, 0.1) is 5.82 Å². The van der Waals surface area contributed by atoms with Crippen LogP contribution >= 0.6 is 12.4 Å². The van der Waals surface area contributed by atoms with Gasteiger partial charge in [-0.2, -0.15) is 0 Å². The highest BCUT2D eigenvalue weighted by Gasteiger charge is 2.27. The molecule has 2 rings (SSSR count). The molecule has 1 fully saturated rings. The van der Waals surface area contributed by atoms with Gasteiger partial charge < -0.3 is 20.3 Å². The van der Waals surface area contributed by atoms with E-state index in [0.717, 1.165) is 0 Å². The summed E-state index contributed by atoms with van der Waals surface area (Å²) in [7, 11) is 1.49. The van der Waals surface area contributed by atoms with Crippen LogP contribution < -0.4 is 5.73 Å². The lowest BCUT2D eigenvalue weighted by Crippen LogP contribution is -2.55. The van der Waals surface area contributed by atoms with Gasteiger partial charge in [0.1, 0.15) is 11.9 Å². The maximum atomic E-state index is 13.2. The Morgan fingerprint density at radius 2 is 1.87 bits per heavy atom. The molecular weight excluding hydrogens is 325 g/mol. The van der Waals surface area contributed by atoms with E-state index in [9.17, 15) is 14.0 Å². The van der Waals surface area contributed by atoms with Crippen molar-refractivity contribution in [3.05, 3.63) is 35.6 Å². The smallest absolute Gasteiger partial charge is 0.254 e. The van der Waals surface area contributed by atoms with Gasteiger partial charge >= 0.3 is 0 Å². The number of rotatable bonds is 4. The van der Waals surface area contributed by atoms with Gasteiger partial charge in [0.25, 0.3) is 5.91 Å². The quantitative estimate of drug-likeness (QED) is 0.862. The highest BCUT2D eigenvalue weighted by Crippen LogP contribution is 2.11. The minimum Gasteiger partial charge on any atom is -0.383 e. The summed E-state index contributed by atoms with van der Waals surface area (Å²) in [6.45, 7) is 1.80. The van der Waals surface area contributed by atoms with Crippen molar-refractivity contribution in [3.63, 3.8) is 0 Å². The van der Waals surface area contributed by atoms with Crippen LogP contribution in [0.4, 0.5) is 4.39 Å². The van der Waals surface area contributed by atoms with Crippen molar-refractivity contribution in [2.24, 2.45) is 5.73 Å². The lowest BCUT2D eigenvalue weighted by Gasteiger charge is -2.35. The molecule has 6 nitrogen and oxygen atoms in total. The van der Waals surface area contributed by atoms with Crippen molar-refractivity contribution in [2.45, 2.75) is 6.04 Å². The van der Waals surface area contributed by atoms with Gasteiger partial charge in [0, 0.05) is 38.9 Å². The van der Waals surface area contributed by atoms with E-state index in [1.54, 1.807) is 15.9 Å². The van der Waals surface area contributed by atoms with Crippen LogP contribution in [0.2, 0.25) is 0 Å². The summed E-state index contributed by atoms with van der Waals surface area (Å²) in [6, 6.07) is 4.91. The van der Waals surface area contributed by atoms with E-state index in [1.165, 1.54) is 25.3 Å². The second kappa shape index (κ2) is 8.81. The zero-order valence-electron chi connectivity index (χ0n) is 12.9. The summed E-state index contributed by atoms with van der Waals surface area (Å²) in [6.07, 6.45) is 0. The van der Waals surface area contributed by atoms with Crippen LogP contribution in [-0.4, -0.2) is 67.6 Å². The number of hydrogen-bond acceptors (Lipinski definition) is 4. The van der Waals surface area contributed by atoms with Crippen LogP contribution in [-0.2, 0) is 9.53 Å². The Kier molecular flexibility index (Phi) is 7.41. The number of piperazine rings is 1. The molecule has 0 aromatic heterocycles. The number of ether oxygens (including phenoxy) is 1. The zero-order valence-corrected chi connectivity index (χ0v) is 13.7. The summed E-state index contributed by atoms with van der Waals surface area (Å²) < 4.78 is 18.0. The van der Waals surface area contributed by atoms with E-state index >= 15 is 0 Å². The molecule has 2 N–H and O–H groups in total. The van der Waals surface area contributed by atoms with Gasteiger partial charge in [-0.15, -0.1) is 12.4 Å². The maximum absolute atomic E-state index is 13.2. The molecule has 1 aromatic rings. The Hall–Kier alpha value is -1.70. The summed E-state index contributed by atoms with van der Waals surface area (Å²) in [5.74, 6) is -0.849. The van der Waals surface area contributed by atoms with Gasteiger partial charge in [0.15, 0.2) is 0 Å². The SMILES string of the molecule is COCC(N)C(=O)N1CCN(C(=O)c2cccc(F)c2)CC1.Cl. The zero-order chi connectivity index (χ0) is 16.1. The number of benzene rings is 1. The predicted molar refractivity (Wildman–Crippen MR) is 86.0 cm³/mol. The maximum Gasteiger partial charge on any atom is 0.254 e. The molecule has 0 saturated carbocycles. The standard InChI is InChI=1S/C15H20FN3O3.ClH/c1-22-10-13(17)15(21)19-7-5-18(6-8-19)14(20)11-3-2-4-12(16)9-11;/h2-4,9,13H,5-8,10,17H2,1H3;1H. The Morgan fingerprint density at radius 1 is 1.26 bits per heavy atom. The molecule has 1 aliphatic rings. The first kappa shape index (κ1) is 19.3. The van der Waals surface area contributed by atoms with Gasteiger partial charge in [-0.3, -0.25) is 9.59 Å². The second-order valence-electron chi connectivity index (χ2n) is 5.19. The predicted octanol–water partition coefficient (Wildman–Crippen LogP) is 0.506. The number of hydrogen-bond donors (Lipinski definition) is 1. The minimum absolute atomic E-state index is 0. The lowest BCUT2D eigenvalue weighted by molar-refractivity contribution is -0.135. The normalized spacial score (nSPS) is 15.8. The molecule has 1 atom stereocenters. The molecule has 23 heavy (non-hydrogen) atoms. The first-order valence-electron chi connectivity index (χ1n) is 7.11. The average Bonchev–Trinajstić information content (AvgIpc) is 2.54. The Bertz CT molecular complexity index is 551. The van der Waals surface area contributed by atoms with Crippen molar-refractivity contribution in [1.29, 1.82) is 0 Å². The van der Waals surface area contributed by atoms with E-state index in [0.29, 0.717) is 31.7 Å². The fourth-order valence-electron chi connectivity index (χ4n) is 2.42. The van der Waals surface area contributed by atoms with E-state index in [4.69, 9.17) is 10.5 Å². The van der Waals surface area contributed by atoms with Gasteiger partial charge in [0.2, 0.25) is 5.91 Å². The number of halogens is 2. The monoisotopic (exact) mass is 345 g/mol. The molecule has 1 unspecified atom stereocenters. The molecule has 1 aromatic carbocycles. The molecule has 2 amide bonds. The number of nitrogens with zero attached hydrogens (tertiary/aromatic N) is 2. The third-order valence-corrected chi connectivity index (χ3v) is 3.61. The molecular formula is C15H21ClFN3O3. The summed E-state index contributed by atoms with van der Waals surface area (Å²) in [5.41, 5.74) is 6.04. The molecule has 128 valence electrons. The molecule has 0 bridgehead atoms. The fraction of sp³-hybridized carbons (Fsp3) is 0.467. The third-order valence-electron chi connectivity index (χ3n) is 3.61. The minimum atomic E-state index is -0.685. The molecule has 1 saturated heterocycles. The molecule has 0 spiro atoms. The van der Waals surface area contributed by atoms with Crippen molar-refractivity contribution >= 4 is 24.2 Å². The number of nitrogens with two attached hydrogens (primary N) is 1. The van der Waals surface area contributed by atoms with Crippen molar-refractivity contribution < 1.29 is 18.7 Å². The van der Waals surface area contributed by atoms with Crippen LogP contribution in [0.1, 0.15) is 10.4 Å². The lowest BCUT2D eigenvalue weighted by atomic mass is 10.1. The molecule has 1 aliphatic heterocycles. The Morgan fingerprint density at radius 3 is 2.43 bits per heavy atom. The number of carbonyl (C=O) groups is 2. The van der Waals surface area contributed by atoms with Gasteiger partial charge in [-0.05, 0) is 18.2 Å². The second-order valence-corrected chi connectivity index (χ2v) is 5.19. The van der Waals surface area contributed by atoms with Crippen molar-refractivity contribution in [1.82, 2.24) is 9.80 Å². The molecule has 1 heterocycles. The molecule has 0 aliphatic carbocycles. The molecule has 8 heteroatoms. The van der Waals surface area contributed by atoms with Crippen molar-refractivity contribution in [2.75, 3.05) is 39.9 Å². The van der Waals surface area contributed by atoms with Gasteiger partial charge in [-0.1, -0.05) is 6.07 Å². The van der Waals surface area contributed by atoms with E-state index in [1.807, 2.05) is 0 Å². The van der Waals surface area contributed by atoms with Crippen molar-refractivity contribution in [3.8, 4) is 0 Å². The van der Waals surface area contributed by atoms with E-state index in [-0.39, 0.29) is 30.8 Å². The van der Waals surface area contributed by atoms with E-state index < -0.39 is 11.9 Å². The Balaban J connectivity index is 0.00000264. The first-order valence-corrected chi connectivity index (χ1v) is 7.11. The Labute approximate surface area is 140 Å². The van der Waals surface area contributed by atoms with E-state index in [2.05, 4.69) is 0 Å². The van der Waals surface area contributed by atoms with Crippen LogP contribution in [0.15, 0.2) is 24.3 Å². The fourth-order valence-corrected chi connectivity index (χ4v) is 2.42. The van der Waals surface area contributed by atoms with Gasteiger partial charge in [0.05, 0.1) is 6.61 Å². The van der Waals surface area contributed by atoms with Crippen LogP contribution in [0.5, 0.6) is 0 Å². The van der Waals surface area contributed by atoms with Crippen LogP contribution in [0.25, 0.3) is 0 Å². The summed E-state index contributed by atoms with van der Waals surface area (Å²) in [4.78, 5) is 27.6. The van der Waals surface area contributed by atoms with Gasteiger partial charge in [-0.25, -0.2) is 4.39 Å². The largest absolute Gasteiger partial charge is 0.383 e. The molecule has 0 radical (unpaired) electrons. The highest BCUT2D eigenvalue weighted by molar-refractivity contribution is 5.94. The topological polar surface area (TPSA) is 75.9 Å². The summed E-state index contributed by atoms with van der Waals surface area (Å²) in [5, 5.41) is 0. The average molecular weight is 346 g/mol. The van der Waals surface area contributed by atoms with Crippen LogP contribution in [0.3, 0.4) is 0 Å². The number of carbonyl (C=O) groups excluding carboxylic acids is 2. The first-order chi connectivity index (χ1) is 10.5.